The fourth-order valence-corrected chi connectivity index (χ4v) is 1.92. The number of nitrogens with one attached hydrogen (secondary N) is 1. The van der Waals surface area contributed by atoms with E-state index in [1.165, 1.54) is 4.52 Å². The minimum Gasteiger partial charge on any atom is -0.297 e. The minimum atomic E-state index is 0.0144. The van der Waals surface area contributed by atoms with Gasteiger partial charge in [0.25, 0.3) is 5.56 Å². The Kier molecular flexibility index (Phi) is 2.14. The second kappa shape index (κ2) is 3.22. The highest BCUT2D eigenvalue weighted by Crippen LogP contribution is 2.14. The molecule has 4 nitrogen and oxygen atoms in total. The third-order valence-electron chi connectivity index (χ3n) is 2.65. The van der Waals surface area contributed by atoms with Crippen molar-refractivity contribution in [2.75, 3.05) is 0 Å². The van der Waals surface area contributed by atoms with E-state index in [0.717, 1.165) is 22.5 Å². The predicted octanol–water partition coefficient (Wildman–Crippen LogP) is 1.76. The van der Waals surface area contributed by atoms with Gasteiger partial charge in [-0.3, -0.25) is 9.89 Å². The molecule has 0 atom stereocenters. The molecule has 0 unspecified atom stereocenters. The summed E-state index contributed by atoms with van der Waals surface area (Å²) >= 11 is 0. The number of aryl methyl sites for hydroxylation is 2. The zero-order valence-corrected chi connectivity index (χ0v) is 9.46. The Labute approximate surface area is 87.9 Å². The van der Waals surface area contributed by atoms with E-state index in [0.29, 0.717) is 0 Å². The Bertz CT molecular complexity index is 563. The molecule has 0 aromatic carbocycles. The summed E-state index contributed by atoms with van der Waals surface area (Å²) in [5.41, 5.74) is 3.35. The lowest BCUT2D eigenvalue weighted by atomic mass is 10.0. The van der Waals surface area contributed by atoms with E-state index < -0.39 is 0 Å². The second-order valence-electron chi connectivity index (χ2n) is 4.19. The molecule has 2 heterocycles. The molecule has 0 spiro atoms. The molecule has 2 aromatic heterocycles. The number of rotatable bonds is 1. The van der Waals surface area contributed by atoms with Gasteiger partial charge < -0.3 is 0 Å². The number of aromatic nitrogens is 3. The Morgan fingerprint density at radius 1 is 1.40 bits per heavy atom. The first-order valence-electron chi connectivity index (χ1n) is 5.09. The van der Waals surface area contributed by atoms with E-state index in [9.17, 15) is 4.79 Å². The van der Waals surface area contributed by atoms with Gasteiger partial charge in [-0.2, -0.15) is 0 Å². The van der Waals surface area contributed by atoms with Crippen LogP contribution in [-0.2, 0) is 0 Å². The van der Waals surface area contributed by atoms with Crippen molar-refractivity contribution < 1.29 is 0 Å². The van der Waals surface area contributed by atoms with Gasteiger partial charge in [-0.1, -0.05) is 13.8 Å². The van der Waals surface area contributed by atoms with Crippen molar-refractivity contribution >= 4 is 5.65 Å². The van der Waals surface area contributed by atoms with Crippen molar-refractivity contribution in [1.82, 2.24) is 14.6 Å². The van der Waals surface area contributed by atoms with Crippen LogP contribution >= 0.6 is 0 Å². The lowest BCUT2D eigenvalue weighted by molar-refractivity contribution is 0.780. The molecule has 0 radical (unpaired) electrons. The third kappa shape index (κ3) is 1.37. The van der Waals surface area contributed by atoms with Gasteiger partial charge in [0.2, 0.25) is 0 Å². The van der Waals surface area contributed by atoms with Crippen LogP contribution in [0.2, 0.25) is 0 Å². The molecule has 4 heteroatoms. The summed E-state index contributed by atoms with van der Waals surface area (Å²) in [6.07, 6.45) is 1.80. The molecule has 0 amide bonds. The van der Waals surface area contributed by atoms with Crippen LogP contribution in [0.5, 0.6) is 0 Å². The molecular formula is C11H15N3O. The van der Waals surface area contributed by atoms with Crippen LogP contribution in [0.1, 0.15) is 36.6 Å². The third-order valence-corrected chi connectivity index (χ3v) is 2.65. The van der Waals surface area contributed by atoms with Gasteiger partial charge in [0, 0.05) is 23.0 Å². The summed E-state index contributed by atoms with van der Waals surface area (Å²) < 4.78 is 1.51. The zero-order valence-electron chi connectivity index (χ0n) is 9.46. The van der Waals surface area contributed by atoms with Gasteiger partial charge in [0.05, 0.1) is 0 Å². The van der Waals surface area contributed by atoms with Gasteiger partial charge in [-0.15, -0.1) is 0 Å². The summed E-state index contributed by atoms with van der Waals surface area (Å²) in [4.78, 5) is 16.5. The van der Waals surface area contributed by atoms with E-state index in [1.54, 1.807) is 6.20 Å². The highest BCUT2D eigenvalue weighted by Gasteiger charge is 2.14. The van der Waals surface area contributed by atoms with E-state index in [4.69, 9.17) is 0 Å². The first-order chi connectivity index (χ1) is 7.02. The lowest BCUT2D eigenvalue weighted by Crippen LogP contribution is -2.22. The summed E-state index contributed by atoms with van der Waals surface area (Å²) in [6, 6.07) is 0. The summed E-state index contributed by atoms with van der Waals surface area (Å²) in [5, 5.41) is 2.92. The molecule has 0 bridgehead atoms. The molecule has 1 N–H and O–H groups in total. The molecule has 0 aliphatic rings. The lowest BCUT2D eigenvalue weighted by Gasteiger charge is -2.08. The van der Waals surface area contributed by atoms with Crippen LogP contribution in [-0.4, -0.2) is 14.6 Å². The maximum Gasteiger partial charge on any atom is 0.276 e. The fraction of sp³-hybridized carbons (Fsp3) is 0.455. The van der Waals surface area contributed by atoms with Crippen molar-refractivity contribution in [3.8, 4) is 0 Å². The predicted molar refractivity (Wildman–Crippen MR) is 59.4 cm³/mol. The molecule has 0 aliphatic heterocycles. The molecular weight excluding hydrogens is 190 g/mol. The number of fused-ring (bicyclic) bond motifs is 1. The number of H-pyrrole nitrogens is 1. The number of aromatic amines is 1. The van der Waals surface area contributed by atoms with E-state index >= 15 is 0 Å². The monoisotopic (exact) mass is 205 g/mol. The maximum absolute atomic E-state index is 12.1. The summed E-state index contributed by atoms with van der Waals surface area (Å²) in [7, 11) is 0. The number of hydrogen-bond acceptors (Lipinski definition) is 2. The molecule has 0 fully saturated rings. The first kappa shape index (κ1) is 9.96. The van der Waals surface area contributed by atoms with E-state index in [1.807, 2.05) is 27.7 Å². The largest absolute Gasteiger partial charge is 0.297 e. The normalized spacial score (nSPS) is 11.5. The van der Waals surface area contributed by atoms with Crippen molar-refractivity contribution in [2.24, 2.45) is 0 Å². The van der Waals surface area contributed by atoms with Gasteiger partial charge in [-0.05, 0) is 19.8 Å². The standard InChI is InChI=1S/C11H15N3O/c1-6(2)9-8(4)13-10-7(3)5-12-14(10)11(9)15/h5-6,12H,1-4H3. The molecule has 0 saturated carbocycles. The van der Waals surface area contributed by atoms with Crippen LogP contribution in [0, 0.1) is 13.8 Å². The summed E-state index contributed by atoms with van der Waals surface area (Å²) in [6.45, 7) is 7.84. The molecule has 15 heavy (non-hydrogen) atoms. The van der Waals surface area contributed by atoms with E-state index in [2.05, 4.69) is 10.1 Å². The van der Waals surface area contributed by atoms with E-state index in [-0.39, 0.29) is 11.5 Å². The van der Waals surface area contributed by atoms with Crippen molar-refractivity contribution in [3.05, 3.63) is 33.4 Å². The molecule has 80 valence electrons. The second-order valence-corrected chi connectivity index (χ2v) is 4.19. The smallest absolute Gasteiger partial charge is 0.276 e. The van der Waals surface area contributed by atoms with Crippen LogP contribution in [0.3, 0.4) is 0 Å². The molecule has 0 aliphatic carbocycles. The average Bonchev–Trinajstić information content (AvgIpc) is 2.47. The molecule has 0 saturated heterocycles. The molecule has 2 rings (SSSR count). The highest BCUT2D eigenvalue weighted by atomic mass is 16.1. The topological polar surface area (TPSA) is 50.2 Å². The Balaban J connectivity index is 2.92. The van der Waals surface area contributed by atoms with Gasteiger partial charge >= 0.3 is 0 Å². The van der Waals surface area contributed by atoms with Crippen molar-refractivity contribution in [3.63, 3.8) is 0 Å². The maximum atomic E-state index is 12.1. The highest BCUT2D eigenvalue weighted by molar-refractivity contribution is 5.47. The Hall–Kier alpha value is -1.58. The van der Waals surface area contributed by atoms with Crippen LogP contribution in [0.4, 0.5) is 0 Å². The fourth-order valence-electron chi connectivity index (χ4n) is 1.92. The Morgan fingerprint density at radius 3 is 2.67 bits per heavy atom. The SMILES string of the molecule is Cc1nc2c(C)c[nH]n2c(=O)c1C(C)C. The van der Waals surface area contributed by atoms with Gasteiger partial charge in [-0.25, -0.2) is 9.50 Å². The van der Waals surface area contributed by atoms with Crippen LogP contribution < -0.4 is 5.56 Å². The quantitative estimate of drug-likeness (QED) is 0.771. The first-order valence-corrected chi connectivity index (χ1v) is 5.09. The van der Waals surface area contributed by atoms with Crippen molar-refractivity contribution in [1.29, 1.82) is 0 Å². The number of nitrogens with zero attached hydrogens (tertiary/aromatic N) is 2. The molecule has 2 aromatic rings. The minimum absolute atomic E-state index is 0.0144. The number of hydrogen-bond donors (Lipinski definition) is 1. The van der Waals surface area contributed by atoms with Crippen molar-refractivity contribution in [2.45, 2.75) is 33.6 Å². The Morgan fingerprint density at radius 2 is 2.07 bits per heavy atom. The zero-order chi connectivity index (χ0) is 11.2. The van der Waals surface area contributed by atoms with Crippen LogP contribution in [0.15, 0.2) is 11.0 Å². The van der Waals surface area contributed by atoms with Gasteiger partial charge in [0.15, 0.2) is 5.65 Å². The summed E-state index contributed by atoms with van der Waals surface area (Å²) in [5.74, 6) is 0.200. The average molecular weight is 205 g/mol. The van der Waals surface area contributed by atoms with Crippen LogP contribution in [0.25, 0.3) is 5.65 Å². The van der Waals surface area contributed by atoms with Gasteiger partial charge in [0.1, 0.15) is 0 Å².